The summed E-state index contributed by atoms with van der Waals surface area (Å²) in [6.45, 7) is -0.00000953. The van der Waals surface area contributed by atoms with E-state index in [1.165, 1.54) is 6.07 Å². The van der Waals surface area contributed by atoms with E-state index in [1.807, 2.05) is 6.20 Å². The molecule has 3 aromatic rings. The van der Waals surface area contributed by atoms with E-state index >= 15 is 0 Å². The Morgan fingerprint density at radius 3 is 2.75 bits per heavy atom. The molecule has 9 nitrogen and oxygen atoms in total. The van der Waals surface area contributed by atoms with Gasteiger partial charge in [-0.2, -0.15) is 23.5 Å². The number of hydrogen-bond donors (Lipinski definition) is 3. The maximum Gasteiger partial charge on any atom is 0.433 e. The monoisotopic (exact) mass is 442 g/mol. The number of nitrogens with one attached hydrogen (secondary N) is 3. The molecule has 0 aliphatic heterocycles. The highest BCUT2D eigenvalue weighted by atomic mass is 19.4. The Hall–Kier alpha value is -4.01. The number of H-pyrrole nitrogens is 1. The lowest BCUT2D eigenvalue weighted by Crippen LogP contribution is -2.32. The summed E-state index contributed by atoms with van der Waals surface area (Å²) in [5.74, 6) is 0.298. The summed E-state index contributed by atoms with van der Waals surface area (Å²) in [6.07, 6.45) is 1.63. The zero-order valence-electron chi connectivity index (χ0n) is 16.5. The predicted octanol–water partition coefficient (Wildman–Crippen LogP) is 3.00. The van der Waals surface area contributed by atoms with E-state index in [-0.39, 0.29) is 29.9 Å². The van der Waals surface area contributed by atoms with Crippen molar-refractivity contribution in [2.75, 3.05) is 5.32 Å². The SMILES string of the molecule is N#CC(=N)c1c(NCc2ccc(C(F)(F)F)nc2)nc(C2CCC2n2cccn2)[nH]c1=O. The topological polar surface area (TPSA) is 136 Å². The standard InChI is InChI=1S/C20H17F3N8O/c21-20(22,23)15-5-2-11(9-26-15)10-27-18-16(13(25)8-24)19(32)30-17(29-18)12-3-4-14(12)31-7-1-6-28-31/h1-2,5-7,9,12,14,25H,3-4,10H2,(H2,27,29,30,32). The van der Waals surface area contributed by atoms with E-state index in [0.717, 1.165) is 25.1 Å². The molecule has 1 aliphatic carbocycles. The van der Waals surface area contributed by atoms with Gasteiger partial charge < -0.3 is 10.3 Å². The lowest BCUT2D eigenvalue weighted by atomic mass is 9.79. The maximum absolute atomic E-state index is 12.7. The zero-order chi connectivity index (χ0) is 22.9. The first-order valence-corrected chi connectivity index (χ1v) is 9.66. The van der Waals surface area contributed by atoms with Crippen molar-refractivity contribution in [3.63, 3.8) is 0 Å². The Kier molecular flexibility index (Phi) is 5.48. The van der Waals surface area contributed by atoms with Gasteiger partial charge in [0.25, 0.3) is 5.56 Å². The first kappa shape index (κ1) is 21.2. The third-order valence-electron chi connectivity index (χ3n) is 5.33. The molecule has 2 unspecified atom stereocenters. The summed E-state index contributed by atoms with van der Waals surface area (Å²) in [7, 11) is 0. The fourth-order valence-electron chi connectivity index (χ4n) is 3.56. The van der Waals surface area contributed by atoms with E-state index in [9.17, 15) is 18.0 Å². The molecule has 3 aromatic heterocycles. The molecule has 12 heteroatoms. The molecule has 0 aromatic carbocycles. The third kappa shape index (κ3) is 4.09. The van der Waals surface area contributed by atoms with E-state index in [2.05, 4.69) is 25.4 Å². The highest BCUT2D eigenvalue weighted by Gasteiger charge is 2.36. The Morgan fingerprint density at radius 1 is 1.38 bits per heavy atom. The summed E-state index contributed by atoms with van der Waals surface area (Å²) in [6, 6.07) is 5.55. The first-order chi connectivity index (χ1) is 15.3. The number of rotatable bonds is 6. The van der Waals surface area contributed by atoms with Crippen LogP contribution in [0.25, 0.3) is 0 Å². The number of nitriles is 1. The van der Waals surface area contributed by atoms with Crippen LogP contribution in [0.4, 0.5) is 19.0 Å². The van der Waals surface area contributed by atoms with Gasteiger partial charge in [-0.25, -0.2) is 4.98 Å². The van der Waals surface area contributed by atoms with Crippen LogP contribution >= 0.6 is 0 Å². The molecule has 1 fully saturated rings. The van der Waals surface area contributed by atoms with Crippen LogP contribution in [0.15, 0.2) is 41.6 Å². The third-order valence-corrected chi connectivity index (χ3v) is 5.33. The molecule has 0 radical (unpaired) electrons. The molecule has 4 rings (SSSR count). The van der Waals surface area contributed by atoms with Crippen molar-refractivity contribution in [3.8, 4) is 6.07 Å². The van der Waals surface area contributed by atoms with Gasteiger partial charge in [0.1, 0.15) is 34.7 Å². The molecule has 0 saturated heterocycles. The number of alkyl halides is 3. The van der Waals surface area contributed by atoms with Crippen molar-refractivity contribution in [1.82, 2.24) is 24.7 Å². The highest BCUT2D eigenvalue weighted by molar-refractivity contribution is 6.12. The molecule has 0 spiro atoms. The fourth-order valence-corrected chi connectivity index (χ4v) is 3.56. The molecule has 1 saturated carbocycles. The Labute approximate surface area is 179 Å². The van der Waals surface area contributed by atoms with E-state index < -0.39 is 23.1 Å². The maximum atomic E-state index is 12.7. The van der Waals surface area contributed by atoms with E-state index in [1.54, 1.807) is 23.0 Å². The van der Waals surface area contributed by atoms with Gasteiger partial charge in [0.2, 0.25) is 0 Å². The van der Waals surface area contributed by atoms with Crippen LogP contribution in [0.5, 0.6) is 0 Å². The minimum Gasteiger partial charge on any atom is -0.365 e. The Bertz CT molecular complexity index is 1230. The van der Waals surface area contributed by atoms with Gasteiger partial charge in [-0.1, -0.05) is 6.07 Å². The van der Waals surface area contributed by atoms with Crippen LogP contribution < -0.4 is 10.9 Å². The minimum absolute atomic E-state index is 0.00000953. The molecule has 164 valence electrons. The predicted molar refractivity (Wildman–Crippen MR) is 107 cm³/mol. The second-order valence-corrected chi connectivity index (χ2v) is 7.30. The van der Waals surface area contributed by atoms with Crippen LogP contribution in [0, 0.1) is 16.7 Å². The van der Waals surface area contributed by atoms with Gasteiger partial charge in [0.15, 0.2) is 0 Å². The molecule has 0 amide bonds. The number of halogens is 3. The van der Waals surface area contributed by atoms with Gasteiger partial charge >= 0.3 is 6.18 Å². The summed E-state index contributed by atoms with van der Waals surface area (Å²) >= 11 is 0. The van der Waals surface area contributed by atoms with Gasteiger partial charge in [0, 0.05) is 31.1 Å². The molecular formula is C20H17F3N8O. The first-order valence-electron chi connectivity index (χ1n) is 9.66. The number of pyridine rings is 1. The number of nitrogens with zero attached hydrogens (tertiary/aromatic N) is 5. The molecular weight excluding hydrogens is 425 g/mol. The van der Waals surface area contributed by atoms with Crippen LogP contribution in [0.2, 0.25) is 0 Å². The normalized spacial score (nSPS) is 17.9. The van der Waals surface area contributed by atoms with Crippen LogP contribution in [-0.2, 0) is 12.7 Å². The van der Waals surface area contributed by atoms with Crippen molar-refractivity contribution >= 4 is 11.5 Å². The summed E-state index contributed by atoms with van der Waals surface area (Å²) in [4.78, 5) is 23.2. The average Bonchev–Trinajstić information content (AvgIpc) is 3.24. The summed E-state index contributed by atoms with van der Waals surface area (Å²) < 4.78 is 39.9. The van der Waals surface area contributed by atoms with Crippen molar-refractivity contribution in [1.29, 1.82) is 10.7 Å². The minimum atomic E-state index is -4.54. The average molecular weight is 442 g/mol. The summed E-state index contributed by atoms with van der Waals surface area (Å²) in [5, 5.41) is 24.0. The number of hydrogen-bond acceptors (Lipinski definition) is 7. The lowest BCUT2D eigenvalue weighted by Gasteiger charge is -2.36. The molecule has 2 atom stereocenters. The molecule has 32 heavy (non-hydrogen) atoms. The van der Waals surface area contributed by atoms with Gasteiger partial charge in [0.05, 0.1) is 6.04 Å². The number of aromatic amines is 1. The lowest BCUT2D eigenvalue weighted by molar-refractivity contribution is -0.141. The van der Waals surface area contributed by atoms with Crippen LogP contribution in [0.3, 0.4) is 0 Å². The Morgan fingerprint density at radius 2 is 2.19 bits per heavy atom. The zero-order valence-corrected chi connectivity index (χ0v) is 16.5. The summed E-state index contributed by atoms with van der Waals surface area (Å²) in [5.41, 5.74) is -2.05. The molecule has 0 bridgehead atoms. The van der Waals surface area contributed by atoms with Gasteiger partial charge in [-0.05, 0) is 30.5 Å². The fraction of sp³-hybridized carbons (Fsp3) is 0.300. The van der Waals surface area contributed by atoms with Crippen LogP contribution in [-0.4, -0.2) is 30.4 Å². The highest BCUT2D eigenvalue weighted by Crippen LogP contribution is 2.44. The Balaban J connectivity index is 1.62. The smallest absolute Gasteiger partial charge is 0.365 e. The van der Waals surface area contributed by atoms with Crippen molar-refractivity contribution in [3.05, 3.63) is 69.8 Å². The quantitative estimate of drug-likeness (QED) is 0.502. The largest absolute Gasteiger partial charge is 0.433 e. The molecule has 3 N–H and O–H groups in total. The van der Waals surface area contributed by atoms with E-state index in [4.69, 9.17) is 10.7 Å². The van der Waals surface area contributed by atoms with E-state index in [0.29, 0.717) is 11.4 Å². The molecule has 3 heterocycles. The second kappa shape index (κ2) is 8.26. The van der Waals surface area contributed by atoms with Crippen molar-refractivity contribution in [2.24, 2.45) is 0 Å². The van der Waals surface area contributed by atoms with Crippen LogP contribution in [0.1, 0.15) is 47.4 Å². The second-order valence-electron chi connectivity index (χ2n) is 7.30. The van der Waals surface area contributed by atoms with Gasteiger partial charge in [-0.15, -0.1) is 0 Å². The van der Waals surface area contributed by atoms with Crippen molar-refractivity contribution in [2.45, 2.75) is 37.5 Å². The molecule has 1 aliphatic rings. The number of aromatic nitrogens is 5. The van der Waals surface area contributed by atoms with Crippen molar-refractivity contribution < 1.29 is 13.2 Å². The van der Waals surface area contributed by atoms with Gasteiger partial charge in [-0.3, -0.25) is 19.9 Å². The number of anilines is 1.